The fourth-order valence-electron chi connectivity index (χ4n) is 5.05. The molecule has 0 bridgehead atoms. The highest BCUT2D eigenvalue weighted by Crippen LogP contribution is 2.43. The summed E-state index contributed by atoms with van der Waals surface area (Å²) in [6, 6.07) is 8.78. The average Bonchev–Trinajstić information content (AvgIpc) is 2.87. The van der Waals surface area contributed by atoms with E-state index in [0.29, 0.717) is 16.7 Å². The molecule has 2 aromatic carbocycles. The number of aliphatic hydroxyl groups is 1. The van der Waals surface area contributed by atoms with E-state index in [1.165, 1.54) is 35.2 Å². The molecule has 2 aliphatic rings. The van der Waals surface area contributed by atoms with Crippen LogP contribution in [-0.4, -0.2) is 48.9 Å². The van der Waals surface area contributed by atoms with Crippen LogP contribution in [0.5, 0.6) is 5.75 Å². The van der Waals surface area contributed by atoms with Crippen LogP contribution < -0.4 is 9.64 Å². The maximum atomic E-state index is 13.5. The lowest BCUT2D eigenvalue weighted by atomic mass is 9.81. The van der Waals surface area contributed by atoms with Crippen LogP contribution in [0.4, 0.5) is 49.6 Å². The maximum Gasteiger partial charge on any atom is 0.573 e. The third-order valence-electron chi connectivity index (χ3n) is 6.75. The molecule has 1 unspecified atom stereocenters. The summed E-state index contributed by atoms with van der Waals surface area (Å²) < 4.78 is 139. The SMILES string of the molecule is O[C@H](CN1c2cccc(-c3cccc(OC(F)(F)F)c3)c2CC[C@@H]1C1C=C(OC(F)(F)C(F)F)C=CC1)C(F)(F)F. The highest BCUT2D eigenvalue weighted by atomic mass is 19.4. The van der Waals surface area contributed by atoms with Crippen molar-refractivity contribution in [2.45, 2.75) is 56.5 Å². The van der Waals surface area contributed by atoms with E-state index < -0.39 is 61.2 Å². The first-order valence-electron chi connectivity index (χ1n) is 12.3. The molecule has 1 N–H and O–H groups in total. The van der Waals surface area contributed by atoms with Gasteiger partial charge in [0, 0.05) is 17.6 Å². The molecule has 1 aliphatic carbocycles. The van der Waals surface area contributed by atoms with Crippen molar-refractivity contribution in [1.29, 1.82) is 0 Å². The van der Waals surface area contributed by atoms with Crippen LogP contribution in [0.1, 0.15) is 18.4 Å². The van der Waals surface area contributed by atoms with Gasteiger partial charge in [-0.2, -0.15) is 30.7 Å². The van der Waals surface area contributed by atoms with Crippen LogP contribution in [-0.2, 0) is 11.2 Å². The lowest BCUT2D eigenvalue weighted by molar-refractivity contribution is -0.280. The number of fused-ring (bicyclic) bond motifs is 1. The number of hydrogen-bond acceptors (Lipinski definition) is 4. The highest BCUT2D eigenvalue weighted by Gasteiger charge is 2.45. The van der Waals surface area contributed by atoms with Crippen molar-refractivity contribution in [3.8, 4) is 16.9 Å². The predicted molar refractivity (Wildman–Crippen MR) is 127 cm³/mol. The summed E-state index contributed by atoms with van der Waals surface area (Å²) >= 11 is 0. The third-order valence-corrected chi connectivity index (χ3v) is 6.75. The van der Waals surface area contributed by atoms with Crippen molar-refractivity contribution in [2.75, 3.05) is 11.4 Å². The lowest BCUT2D eigenvalue weighted by Gasteiger charge is -2.44. The zero-order valence-corrected chi connectivity index (χ0v) is 20.9. The van der Waals surface area contributed by atoms with Gasteiger partial charge in [0.25, 0.3) is 0 Å². The van der Waals surface area contributed by atoms with Crippen LogP contribution in [0.2, 0.25) is 0 Å². The number of alkyl halides is 10. The molecule has 41 heavy (non-hydrogen) atoms. The van der Waals surface area contributed by atoms with E-state index in [9.17, 15) is 49.0 Å². The Labute approximate surface area is 227 Å². The lowest BCUT2D eigenvalue weighted by Crippen LogP contribution is -2.50. The van der Waals surface area contributed by atoms with Crippen LogP contribution in [0.25, 0.3) is 11.1 Å². The number of aliphatic hydroxyl groups excluding tert-OH is 1. The van der Waals surface area contributed by atoms with E-state index in [0.717, 1.165) is 24.3 Å². The molecular weight excluding hydrogens is 576 g/mol. The quantitative estimate of drug-likeness (QED) is 0.317. The van der Waals surface area contributed by atoms with E-state index in [2.05, 4.69) is 9.47 Å². The predicted octanol–water partition coefficient (Wildman–Crippen LogP) is 7.63. The molecular formula is C27H23F10NO3. The number of halogens is 10. The van der Waals surface area contributed by atoms with Crippen molar-refractivity contribution in [1.82, 2.24) is 0 Å². The molecule has 0 saturated heterocycles. The van der Waals surface area contributed by atoms with Crippen LogP contribution in [0.3, 0.4) is 0 Å². The minimum Gasteiger partial charge on any atom is -0.429 e. The summed E-state index contributed by atoms with van der Waals surface area (Å²) in [5, 5.41) is 9.95. The topological polar surface area (TPSA) is 41.9 Å². The van der Waals surface area contributed by atoms with Crippen LogP contribution in [0, 0.1) is 5.92 Å². The second-order valence-corrected chi connectivity index (χ2v) is 9.53. The summed E-state index contributed by atoms with van der Waals surface area (Å²) in [4.78, 5) is 1.26. The van der Waals surface area contributed by atoms with Crippen molar-refractivity contribution in [3.63, 3.8) is 0 Å². The van der Waals surface area contributed by atoms with E-state index in [4.69, 9.17) is 0 Å². The highest BCUT2D eigenvalue weighted by molar-refractivity contribution is 5.76. The second kappa shape index (κ2) is 11.5. The van der Waals surface area contributed by atoms with Gasteiger partial charge in [0.15, 0.2) is 6.10 Å². The Balaban J connectivity index is 1.72. The number of rotatable bonds is 8. The number of anilines is 1. The van der Waals surface area contributed by atoms with Gasteiger partial charge in [-0.25, -0.2) is 0 Å². The molecule has 1 aliphatic heterocycles. The van der Waals surface area contributed by atoms with Crippen molar-refractivity contribution in [2.24, 2.45) is 5.92 Å². The standard InChI is InChI=1S/C27H23F10NO3/c28-24(29)26(33,34)40-17-6-2-5-16(13-17)21-11-10-20-19(15-4-1-7-18(12-15)41-27(35,36)37)8-3-9-22(20)38(21)14-23(39)25(30,31)32/h1-4,6-9,12-13,16,21,23-24,39H,5,10-11,14H2/t16?,21-,23-/m1/s1. The molecule has 0 amide bonds. The molecule has 14 heteroatoms. The summed E-state index contributed by atoms with van der Waals surface area (Å²) in [5.41, 5.74) is 1.44. The van der Waals surface area contributed by atoms with Gasteiger partial charge < -0.3 is 19.5 Å². The van der Waals surface area contributed by atoms with Gasteiger partial charge in [-0.15, -0.1) is 13.2 Å². The normalized spacial score (nSPS) is 20.5. The summed E-state index contributed by atoms with van der Waals surface area (Å²) in [7, 11) is 0. The molecule has 2 aromatic rings. The van der Waals surface area contributed by atoms with Crippen molar-refractivity contribution in [3.05, 3.63) is 72.0 Å². The van der Waals surface area contributed by atoms with Gasteiger partial charge in [0.05, 0.1) is 6.54 Å². The molecule has 4 rings (SSSR count). The van der Waals surface area contributed by atoms with Gasteiger partial charge in [-0.3, -0.25) is 0 Å². The van der Waals surface area contributed by atoms with Crippen molar-refractivity contribution < 1.29 is 58.5 Å². The molecule has 0 saturated carbocycles. The second-order valence-electron chi connectivity index (χ2n) is 9.53. The third kappa shape index (κ3) is 7.27. The molecule has 0 aromatic heterocycles. The number of benzene rings is 2. The first-order valence-corrected chi connectivity index (χ1v) is 12.3. The minimum absolute atomic E-state index is 0.140. The van der Waals surface area contributed by atoms with E-state index >= 15 is 0 Å². The Kier molecular flexibility index (Phi) is 8.53. The van der Waals surface area contributed by atoms with Crippen molar-refractivity contribution >= 4 is 5.69 Å². The van der Waals surface area contributed by atoms with Gasteiger partial charge in [-0.05, 0) is 66.3 Å². The Morgan fingerprint density at radius 2 is 1.66 bits per heavy atom. The molecule has 1 heterocycles. The molecule has 4 nitrogen and oxygen atoms in total. The van der Waals surface area contributed by atoms with Gasteiger partial charge >= 0.3 is 25.1 Å². The summed E-state index contributed by atoms with van der Waals surface area (Å²) in [6.07, 6.45) is -17.6. The van der Waals surface area contributed by atoms with Crippen LogP contribution >= 0.6 is 0 Å². The molecule has 0 fully saturated rings. The van der Waals surface area contributed by atoms with Gasteiger partial charge in [0.2, 0.25) is 0 Å². The molecule has 0 radical (unpaired) electrons. The summed E-state index contributed by atoms with van der Waals surface area (Å²) in [6.45, 7) is -0.945. The van der Waals surface area contributed by atoms with E-state index in [-0.39, 0.29) is 24.9 Å². The van der Waals surface area contributed by atoms with E-state index in [1.807, 2.05) is 0 Å². The zero-order chi connectivity index (χ0) is 30.2. The monoisotopic (exact) mass is 599 g/mol. The van der Waals surface area contributed by atoms with Gasteiger partial charge in [-0.1, -0.05) is 30.3 Å². The Bertz CT molecular complexity index is 1290. The number of β-amino-alcohol motifs (C(OH)–C–C–N with tert-alkyl or cyclic N) is 1. The van der Waals surface area contributed by atoms with Crippen LogP contribution in [0.15, 0.2) is 66.5 Å². The number of allylic oxidation sites excluding steroid dienone is 2. The minimum atomic E-state index is -5.00. The molecule has 3 atom stereocenters. The zero-order valence-electron chi connectivity index (χ0n) is 20.9. The summed E-state index contributed by atoms with van der Waals surface area (Å²) in [5.74, 6) is -1.84. The molecule has 0 spiro atoms. The Morgan fingerprint density at radius 3 is 2.32 bits per heavy atom. The fourth-order valence-corrected chi connectivity index (χ4v) is 5.05. The average molecular weight is 599 g/mol. The largest absolute Gasteiger partial charge is 0.573 e. The smallest absolute Gasteiger partial charge is 0.429 e. The fraction of sp³-hybridized carbons (Fsp3) is 0.407. The number of hydrogen-bond donors (Lipinski definition) is 1. The molecule has 224 valence electrons. The van der Waals surface area contributed by atoms with E-state index in [1.54, 1.807) is 6.07 Å². The maximum absolute atomic E-state index is 13.5. The first kappa shape index (κ1) is 30.5. The number of nitrogens with zero attached hydrogens (tertiary/aromatic N) is 1. The van der Waals surface area contributed by atoms with Gasteiger partial charge in [0.1, 0.15) is 11.5 Å². The Morgan fingerprint density at radius 1 is 0.951 bits per heavy atom. The number of ether oxygens (including phenoxy) is 2. The first-order chi connectivity index (χ1) is 19.0. The Hall–Kier alpha value is -3.42.